The zero-order valence-corrected chi connectivity index (χ0v) is 14.7. The number of H-pyrrole nitrogens is 1. The summed E-state index contributed by atoms with van der Waals surface area (Å²) in [4.78, 5) is 22.3. The van der Waals surface area contributed by atoms with E-state index < -0.39 is 6.10 Å². The highest BCUT2D eigenvalue weighted by Crippen LogP contribution is 2.31. The van der Waals surface area contributed by atoms with Gasteiger partial charge in [-0.25, -0.2) is 9.37 Å². The number of hydrogen-bond donors (Lipinski definition) is 1. The second kappa shape index (κ2) is 7.78. The number of carbonyl (C=O) groups excluding carboxylic acids is 1. The number of likely N-dealkylation sites (tertiary alicyclic amines) is 1. The first-order chi connectivity index (χ1) is 12.1. The fraction of sp³-hybridized carbons (Fsp3) is 0.474. The topological polar surface area (TPSA) is 58.2 Å². The van der Waals surface area contributed by atoms with Crippen LogP contribution in [0, 0.1) is 5.82 Å². The molecule has 1 aromatic heterocycles. The van der Waals surface area contributed by atoms with Crippen molar-refractivity contribution < 1.29 is 13.9 Å². The van der Waals surface area contributed by atoms with Crippen molar-refractivity contribution >= 4 is 5.91 Å². The van der Waals surface area contributed by atoms with Gasteiger partial charge in [0.1, 0.15) is 17.7 Å². The number of aromatic amines is 1. The summed E-state index contributed by atoms with van der Waals surface area (Å²) >= 11 is 0. The number of hydrogen-bond acceptors (Lipinski definition) is 3. The largest absolute Gasteiger partial charge is 0.369 e. The SMILES string of the molecule is CCO[C@@H](C)C(=O)N1CCCC[C@H]1c1ncc(-c2cccc(F)c2)[nH]1. The highest BCUT2D eigenvalue weighted by molar-refractivity contribution is 5.81. The Hall–Kier alpha value is -2.21. The summed E-state index contributed by atoms with van der Waals surface area (Å²) in [5.41, 5.74) is 1.50. The molecule has 2 heterocycles. The predicted octanol–water partition coefficient (Wildman–Crippen LogP) is 3.69. The Morgan fingerprint density at radius 2 is 2.32 bits per heavy atom. The van der Waals surface area contributed by atoms with Gasteiger partial charge >= 0.3 is 0 Å². The number of imidazole rings is 1. The first-order valence-electron chi connectivity index (χ1n) is 8.83. The lowest BCUT2D eigenvalue weighted by molar-refractivity contribution is -0.146. The van der Waals surface area contributed by atoms with Crippen molar-refractivity contribution in [3.8, 4) is 11.3 Å². The molecule has 2 aromatic rings. The molecule has 0 bridgehead atoms. The standard InChI is InChI=1S/C19H24FN3O2/c1-3-25-13(2)19(24)23-10-5-4-9-17(23)18-21-12-16(22-18)14-7-6-8-15(20)11-14/h6-8,11-13,17H,3-5,9-10H2,1-2H3,(H,21,22)/t13-,17-/m0/s1. The van der Waals surface area contributed by atoms with Crippen LogP contribution in [0.2, 0.25) is 0 Å². The van der Waals surface area contributed by atoms with E-state index in [9.17, 15) is 9.18 Å². The molecule has 134 valence electrons. The summed E-state index contributed by atoms with van der Waals surface area (Å²) in [6.07, 6.45) is 4.14. The normalized spacial score (nSPS) is 19.0. The molecule has 1 saturated heterocycles. The first-order valence-corrected chi connectivity index (χ1v) is 8.83. The number of aromatic nitrogens is 2. The monoisotopic (exact) mass is 345 g/mol. The van der Waals surface area contributed by atoms with Crippen LogP contribution in [0.4, 0.5) is 4.39 Å². The van der Waals surface area contributed by atoms with Crippen molar-refractivity contribution in [3.05, 3.63) is 42.1 Å². The Balaban J connectivity index is 1.82. The Labute approximate surface area is 147 Å². The summed E-state index contributed by atoms with van der Waals surface area (Å²) in [7, 11) is 0. The quantitative estimate of drug-likeness (QED) is 0.899. The minimum Gasteiger partial charge on any atom is -0.369 e. The van der Waals surface area contributed by atoms with Crippen molar-refractivity contribution in [2.45, 2.75) is 45.3 Å². The number of nitrogens with zero attached hydrogens (tertiary/aromatic N) is 2. The van der Waals surface area contributed by atoms with Gasteiger partial charge in [0.15, 0.2) is 0 Å². The number of halogens is 1. The minimum atomic E-state index is -0.455. The third-order valence-electron chi connectivity index (χ3n) is 4.60. The van der Waals surface area contributed by atoms with E-state index in [0.717, 1.165) is 36.3 Å². The van der Waals surface area contributed by atoms with E-state index in [1.165, 1.54) is 12.1 Å². The molecule has 1 amide bonds. The lowest BCUT2D eigenvalue weighted by Gasteiger charge is -2.36. The van der Waals surface area contributed by atoms with Crippen LogP contribution in [-0.2, 0) is 9.53 Å². The maximum absolute atomic E-state index is 13.4. The molecule has 0 spiro atoms. The maximum Gasteiger partial charge on any atom is 0.252 e. The van der Waals surface area contributed by atoms with Gasteiger partial charge in [-0.1, -0.05) is 12.1 Å². The molecule has 1 fully saturated rings. The number of nitrogens with one attached hydrogen (secondary N) is 1. The van der Waals surface area contributed by atoms with Crippen LogP contribution in [0.15, 0.2) is 30.5 Å². The van der Waals surface area contributed by atoms with Crippen LogP contribution in [0.5, 0.6) is 0 Å². The van der Waals surface area contributed by atoms with Crippen LogP contribution in [-0.4, -0.2) is 40.0 Å². The number of benzene rings is 1. The Kier molecular flexibility index (Phi) is 5.48. The molecule has 3 rings (SSSR count). The van der Waals surface area contributed by atoms with E-state index in [1.807, 2.05) is 17.9 Å². The summed E-state index contributed by atoms with van der Waals surface area (Å²) in [5, 5.41) is 0. The Morgan fingerprint density at radius 3 is 3.08 bits per heavy atom. The lowest BCUT2D eigenvalue weighted by Crippen LogP contribution is -2.44. The fourth-order valence-corrected chi connectivity index (χ4v) is 3.34. The molecule has 1 aromatic carbocycles. The van der Waals surface area contributed by atoms with Gasteiger partial charge in [0.05, 0.1) is 17.9 Å². The van der Waals surface area contributed by atoms with Crippen LogP contribution in [0.25, 0.3) is 11.3 Å². The minimum absolute atomic E-state index is 0.00439. The molecule has 1 aliphatic heterocycles. The van der Waals surface area contributed by atoms with E-state index in [1.54, 1.807) is 19.2 Å². The number of carbonyl (C=O) groups is 1. The Morgan fingerprint density at radius 1 is 1.48 bits per heavy atom. The zero-order valence-electron chi connectivity index (χ0n) is 14.7. The number of rotatable bonds is 5. The van der Waals surface area contributed by atoms with E-state index in [0.29, 0.717) is 13.2 Å². The maximum atomic E-state index is 13.4. The van der Waals surface area contributed by atoms with E-state index >= 15 is 0 Å². The molecule has 0 saturated carbocycles. The lowest BCUT2D eigenvalue weighted by atomic mass is 10.0. The van der Waals surface area contributed by atoms with E-state index in [4.69, 9.17) is 4.74 Å². The predicted molar refractivity (Wildman–Crippen MR) is 93.4 cm³/mol. The zero-order chi connectivity index (χ0) is 17.8. The van der Waals surface area contributed by atoms with Crippen LogP contribution in [0.3, 0.4) is 0 Å². The van der Waals surface area contributed by atoms with Gasteiger partial charge < -0.3 is 14.6 Å². The molecule has 1 aliphatic rings. The molecule has 0 radical (unpaired) electrons. The van der Waals surface area contributed by atoms with Crippen LogP contribution < -0.4 is 0 Å². The summed E-state index contributed by atoms with van der Waals surface area (Å²) in [5.74, 6) is 0.458. The average Bonchev–Trinajstić information content (AvgIpc) is 3.11. The van der Waals surface area contributed by atoms with Gasteiger partial charge in [0.2, 0.25) is 0 Å². The van der Waals surface area contributed by atoms with Gasteiger partial charge in [0.25, 0.3) is 5.91 Å². The molecule has 0 unspecified atom stereocenters. The third-order valence-corrected chi connectivity index (χ3v) is 4.60. The Bertz CT molecular complexity index is 731. The molecular weight excluding hydrogens is 321 g/mol. The van der Waals surface area contributed by atoms with E-state index in [2.05, 4.69) is 9.97 Å². The second-order valence-electron chi connectivity index (χ2n) is 6.33. The molecule has 1 N–H and O–H groups in total. The van der Waals surface area contributed by atoms with Crippen molar-refractivity contribution in [2.24, 2.45) is 0 Å². The number of amides is 1. The smallest absolute Gasteiger partial charge is 0.252 e. The van der Waals surface area contributed by atoms with E-state index in [-0.39, 0.29) is 17.8 Å². The second-order valence-corrected chi connectivity index (χ2v) is 6.33. The molecule has 25 heavy (non-hydrogen) atoms. The van der Waals surface area contributed by atoms with Gasteiger partial charge in [-0.15, -0.1) is 0 Å². The van der Waals surface area contributed by atoms with Gasteiger partial charge in [-0.3, -0.25) is 4.79 Å². The highest BCUT2D eigenvalue weighted by atomic mass is 19.1. The molecule has 0 aliphatic carbocycles. The average molecular weight is 345 g/mol. The van der Waals surface area contributed by atoms with Crippen molar-refractivity contribution in [2.75, 3.05) is 13.2 Å². The summed E-state index contributed by atoms with van der Waals surface area (Å²) < 4.78 is 18.9. The van der Waals surface area contributed by atoms with Gasteiger partial charge in [0, 0.05) is 18.7 Å². The van der Waals surface area contributed by atoms with Crippen LogP contribution >= 0.6 is 0 Å². The first kappa shape index (κ1) is 17.6. The number of piperidine rings is 1. The summed E-state index contributed by atoms with van der Waals surface area (Å²) in [6, 6.07) is 6.30. The fourth-order valence-electron chi connectivity index (χ4n) is 3.34. The number of ether oxygens (including phenoxy) is 1. The highest BCUT2D eigenvalue weighted by Gasteiger charge is 2.32. The van der Waals surface area contributed by atoms with Crippen molar-refractivity contribution in [1.29, 1.82) is 0 Å². The van der Waals surface area contributed by atoms with Crippen molar-refractivity contribution in [1.82, 2.24) is 14.9 Å². The third kappa shape index (κ3) is 3.90. The molecule has 2 atom stereocenters. The molecule has 5 nitrogen and oxygen atoms in total. The molecule has 6 heteroatoms. The molecular formula is C19H24FN3O2. The van der Waals surface area contributed by atoms with Gasteiger partial charge in [-0.05, 0) is 45.2 Å². The summed E-state index contributed by atoms with van der Waals surface area (Å²) in [6.45, 7) is 4.89. The van der Waals surface area contributed by atoms with Gasteiger partial charge in [-0.2, -0.15) is 0 Å². The van der Waals surface area contributed by atoms with Crippen LogP contribution in [0.1, 0.15) is 45.0 Å². The van der Waals surface area contributed by atoms with Crippen molar-refractivity contribution in [3.63, 3.8) is 0 Å².